The molecule has 8 heteroatoms. The van der Waals surface area contributed by atoms with Crippen molar-refractivity contribution in [2.24, 2.45) is 0 Å². The third-order valence-corrected chi connectivity index (χ3v) is 4.83. The molecule has 0 saturated heterocycles. The highest BCUT2D eigenvalue weighted by atomic mass is 32.1. The summed E-state index contributed by atoms with van der Waals surface area (Å²) in [5.41, 5.74) is 3.59. The van der Waals surface area contributed by atoms with Crippen LogP contribution in [-0.2, 0) is 6.54 Å². The van der Waals surface area contributed by atoms with E-state index in [0.717, 1.165) is 16.1 Å². The van der Waals surface area contributed by atoms with Crippen molar-refractivity contribution < 1.29 is 9.18 Å². The Bertz CT molecular complexity index is 1090. The summed E-state index contributed by atoms with van der Waals surface area (Å²) in [5, 5.41) is 6.79. The molecule has 0 fully saturated rings. The lowest BCUT2D eigenvalue weighted by atomic mass is 10.2. The molecule has 130 valence electrons. The Kier molecular flexibility index (Phi) is 4.18. The van der Waals surface area contributed by atoms with Gasteiger partial charge >= 0.3 is 0 Å². The number of fused-ring (bicyclic) bond motifs is 1. The molecule has 0 aliphatic carbocycles. The summed E-state index contributed by atoms with van der Waals surface area (Å²) in [6.45, 7) is 2.25. The molecule has 3 aromatic heterocycles. The Balaban J connectivity index is 1.56. The van der Waals surface area contributed by atoms with E-state index in [1.54, 1.807) is 34.9 Å². The number of imidazole rings is 1. The second-order valence-electron chi connectivity index (χ2n) is 5.78. The fourth-order valence-electron chi connectivity index (χ4n) is 2.56. The van der Waals surface area contributed by atoms with Crippen LogP contribution in [0.1, 0.15) is 20.9 Å². The third-order valence-electron chi connectivity index (χ3n) is 4.01. The molecular weight excluding hydrogens is 353 g/mol. The summed E-state index contributed by atoms with van der Waals surface area (Å²) >= 11 is 1.27. The average Bonchev–Trinajstić information content (AvgIpc) is 3.25. The van der Waals surface area contributed by atoms with E-state index in [1.807, 2.05) is 13.1 Å². The molecule has 1 aromatic carbocycles. The number of halogens is 1. The van der Waals surface area contributed by atoms with Crippen LogP contribution in [0.5, 0.6) is 0 Å². The molecule has 0 radical (unpaired) electrons. The van der Waals surface area contributed by atoms with Crippen molar-refractivity contribution in [2.45, 2.75) is 13.5 Å². The fraction of sp³-hybridized carbons (Fsp3) is 0.111. The zero-order valence-corrected chi connectivity index (χ0v) is 14.6. The molecule has 0 bridgehead atoms. The number of nitrogens with one attached hydrogen (secondary N) is 1. The Hall–Kier alpha value is -3.13. The number of hydrogen-bond donors (Lipinski definition) is 1. The predicted molar refractivity (Wildman–Crippen MR) is 96.4 cm³/mol. The first-order chi connectivity index (χ1) is 12.6. The Morgan fingerprint density at radius 2 is 2.00 bits per heavy atom. The Labute approximate surface area is 152 Å². The second kappa shape index (κ2) is 6.64. The minimum atomic E-state index is -0.289. The van der Waals surface area contributed by atoms with Crippen LogP contribution in [0.2, 0.25) is 0 Å². The molecule has 0 aliphatic rings. The summed E-state index contributed by atoms with van der Waals surface area (Å²) in [7, 11) is 0. The number of pyridine rings is 1. The molecule has 1 N–H and O–H groups in total. The van der Waals surface area contributed by atoms with Crippen molar-refractivity contribution in [3.05, 3.63) is 70.7 Å². The van der Waals surface area contributed by atoms with Crippen molar-refractivity contribution in [2.75, 3.05) is 0 Å². The van der Waals surface area contributed by atoms with Gasteiger partial charge in [-0.3, -0.25) is 4.79 Å². The quantitative estimate of drug-likeness (QED) is 0.601. The Morgan fingerprint density at radius 3 is 2.73 bits per heavy atom. The highest BCUT2D eigenvalue weighted by molar-refractivity contribution is 7.05. The molecular formula is C18H14FN5OS. The molecule has 1 amide bonds. The number of benzene rings is 1. The lowest BCUT2D eigenvalue weighted by molar-refractivity contribution is 0.0951. The minimum Gasteiger partial charge on any atom is -0.347 e. The predicted octanol–water partition coefficient (Wildman–Crippen LogP) is 3.23. The van der Waals surface area contributed by atoms with Gasteiger partial charge in [0.2, 0.25) is 0 Å². The maximum absolute atomic E-state index is 13.1. The molecule has 4 rings (SSSR count). The van der Waals surface area contributed by atoms with Crippen LogP contribution < -0.4 is 5.32 Å². The zero-order chi connectivity index (χ0) is 18.1. The molecule has 0 atom stereocenters. The van der Waals surface area contributed by atoms with Crippen LogP contribution >= 0.6 is 11.5 Å². The zero-order valence-electron chi connectivity index (χ0n) is 13.8. The van der Waals surface area contributed by atoms with Gasteiger partial charge in [-0.05, 0) is 54.9 Å². The van der Waals surface area contributed by atoms with Gasteiger partial charge in [0.15, 0.2) is 0 Å². The van der Waals surface area contributed by atoms with Gasteiger partial charge in [-0.15, -0.1) is 5.10 Å². The number of amides is 1. The lowest BCUT2D eigenvalue weighted by Gasteiger charge is -2.04. The standard InChI is InChI=1S/C18H14FN5OS/c1-11-16(26-23-22-11)8-20-18(25)13-4-7-17-21-15(10-24(17)9-13)12-2-5-14(19)6-3-12/h2-7,9-10H,8H2,1H3,(H,20,25). The topological polar surface area (TPSA) is 72.2 Å². The third kappa shape index (κ3) is 3.18. The summed E-state index contributed by atoms with van der Waals surface area (Å²) < 4.78 is 18.7. The number of aromatic nitrogens is 4. The number of aryl methyl sites for hydroxylation is 1. The number of rotatable bonds is 4. The van der Waals surface area contributed by atoms with E-state index in [1.165, 1.54) is 23.7 Å². The van der Waals surface area contributed by atoms with Crippen LogP contribution in [0.25, 0.3) is 16.9 Å². The van der Waals surface area contributed by atoms with E-state index in [0.29, 0.717) is 23.4 Å². The molecule has 6 nitrogen and oxygen atoms in total. The van der Waals surface area contributed by atoms with Crippen molar-refractivity contribution in [3.8, 4) is 11.3 Å². The Morgan fingerprint density at radius 1 is 1.19 bits per heavy atom. The van der Waals surface area contributed by atoms with Crippen LogP contribution in [0, 0.1) is 12.7 Å². The molecule has 0 saturated carbocycles. The van der Waals surface area contributed by atoms with Crippen LogP contribution in [0.4, 0.5) is 4.39 Å². The van der Waals surface area contributed by atoms with E-state index >= 15 is 0 Å². The van der Waals surface area contributed by atoms with Gasteiger partial charge < -0.3 is 9.72 Å². The van der Waals surface area contributed by atoms with Crippen molar-refractivity contribution in [1.29, 1.82) is 0 Å². The normalized spacial score (nSPS) is 11.0. The van der Waals surface area contributed by atoms with Gasteiger partial charge in [-0.2, -0.15) is 0 Å². The highest BCUT2D eigenvalue weighted by Gasteiger charge is 2.11. The molecule has 0 unspecified atom stereocenters. The van der Waals surface area contributed by atoms with Gasteiger partial charge in [0.25, 0.3) is 5.91 Å². The number of carbonyl (C=O) groups excluding carboxylic acids is 1. The summed E-state index contributed by atoms with van der Waals surface area (Å²) in [5.74, 6) is -0.473. The van der Waals surface area contributed by atoms with E-state index in [-0.39, 0.29) is 11.7 Å². The van der Waals surface area contributed by atoms with Crippen LogP contribution in [0.15, 0.2) is 48.8 Å². The van der Waals surface area contributed by atoms with Gasteiger partial charge in [-0.1, -0.05) is 4.49 Å². The van der Waals surface area contributed by atoms with Crippen LogP contribution in [0.3, 0.4) is 0 Å². The van der Waals surface area contributed by atoms with Crippen LogP contribution in [-0.4, -0.2) is 24.9 Å². The second-order valence-corrected chi connectivity index (χ2v) is 6.62. The summed E-state index contributed by atoms with van der Waals surface area (Å²) in [4.78, 5) is 17.8. The minimum absolute atomic E-state index is 0.184. The van der Waals surface area contributed by atoms with E-state index in [4.69, 9.17) is 0 Å². The first-order valence-corrected chi connectivity index (χ1v) is 8.68. The fourth-order valence-corrected chi connectivity index (χ4v) is 3.13. The lowest BCUT2D eigenvalue weighted by Crippen LogP contribution is -2.23. The first-order valence-electron chi connectivity index (χ1n) is 7.91. The van der Waals surface area contributed by atoms with E-state index < -0.39 is 0 Å². The maximum Gasteiger partial charge on any atom is 0.253 e. The maximum atomic E-state index is 13.1. The van der Waals surface area contributed by atoms with E-state index in [9.17, 15) is 9.18 Å². The largest absolute Gasteiger partial charge is 0.347 e. The van der Waals surface area contributed by atoms with Gasteiger partial charge in [0.05, 0.1) is 28.4 Å². The molecule has 26 heavy (non-hydrogen) atoms. The first kappa shape index (κ1) is 16.3. The molecule has 0 aliphatic heterocycles. The number of carbonyl (C=O) groups is 1. The molecule has 0 spiro atoms. The van der Waals surface area contributed by atoms with Crippen molar-refractivity contribution in [1.82, 2.24) is 24.3 Å². The van der Waals surface area contributed by atoms with Crippen molar-refractivity contribution in [3.63, 3.8) is 0 Å². The monoisotopic (exact) mass is 367 g/mol. The van der Waals surface area contributed by atoms with Gasteiger partial charge in [0.1, 0.15) is 11.5 Å². The van der Waals surface area contributed by atoms with E-state index in [2.05, 4.69) is 19.9 Å². The molecule has 4 aromatic rings. The SMILES string of the molecule is Cc1nnsc1CNC(=O)c1ccc2nc(-c3ccc(F)cc3)cn2c1. The average molecular weight is 367 g/mol. The van der Waals surface area contributed by atoms with Crippen molar-refractivity contribution >= 4 is 23.1 Å². The smallest absolute Gasteiger partial charge is 0.253 e. The summed E-state index contributed by atoms with van der Waals surface area (Å²) in [6, 6.07) is 9.65. The highest BCUT2D eigenvalue weighted by Crippen LogP contribution is 2.20. The summed E-state index contributed by atoms with van der Waals surface area (Å²) in [6.07, 6.45) is 3.54. The van der Waals surface area contributed by atoms with Gasteiger partial charge in [0, 0.05) is 18.0 Å². The number of nitrogens with zero attached hydrogens (tertiary/aromatic N) is 4. The van der Waals surface area contributed by atoms with Gasteiger partial charge in [-0.25, -0.2) is 9.37 Å². The number of hydrogen-bond acceptors (Lipinski definition) is 5. The molecule has 3 heterocycles.